The molecule has 0 unspecified atom stereocenters. The predicted molar refractivity (Wildman–Crippen MR) is 178 cm³/mol. The number of nitrogens with one attached hydrogen (secondary N) is 4. The molecule has 1 aliphatic heterocycles. The molecule has 0 bridgehead atoms. The number of likely N-dealkylation sites (tertiary alicyclic amines) is 1. The number of phenolic OH excluding ortho intramolecular Hbond substituents is 1. The molecule has 1 heterocycles. The smallest absolute Gasteiger partial charge is 0.315 e. The molecule has 2 rings (SSSR count). The minimum Gasteiger partial charge on any atom is -0.508 e. The minimum atomic E-state index is -3.53. The monoisotopic (exact) mass is 702 g/mol. The molecule has 1 aromatic rings. The number of hydrogen-bond acceptors (Lipinski definition) is 7. The fraction of sp³-hybridized carbons (Fsp3) is 0.688. The topological polar surface area (TPSA) is 177 Å². The number of urea groups is 1. The summed E-state index contributed by atoms with van der Waals surface area (Å²) in [5.74, 6) is -2.02. The van der Waals surface area contributed by atoms with Crippen molar-refractivity contribution in [3.05, 3.63) is 29.8 Å². The van der Waals surface area contributed by atoms with Gasteiger partial charge >= 0.3 is 6.03 Å². The molecular formula is C32H52F2N6O7S. The Hall–Kier alpha value is -3.53. The van der Waals surface area contributed by atoms with Gasteiger partial charge in [-0.2, -0.15) is 0 Å². The van der Waals surface area contributed by atoms with Crippen molar-refractivity contribution in [3.63, 3.8) is 0 Å². The highest BCUT2D eigenvalue weighted by molar-refractivity contribution is 7.88. The van der Waals surface area contributed by atoms with Gasteiger partial charge in [-0.05, 0) is 47.8 Å². The van der Waals surface area contributed by atoms with Crippen LogP contribution in [0.3, 0.4) is 0 Å². The van der Waals surface area contributed by atoms with E-state index < -0.39 is 81.6 Å². The van der Waals surface area contributed by atoms with Gasteiger partial charge in [-0.25, -0.2) is 26.3 Å². The number of sulfonamides is 1. The summed E-state index contributed by atoms with van der Waals surface area (Å²) in [7, 11) is -2.13. The number of nitrogens with zero attached hydrogens (tertiary/aromatic N) is 2. The van der Waals surface area contributed by atoms with Gasteiger partial charge in [0.15, 0.2) is 0 Å². The van der Waals surface area contributed by atoms with Crippen LogP contribution in [0.5, 0.6) is 5.75 Å². The van der Waals surface area contributed by atoms with Crippen LogP contribution >= 0.6 is 0 Å². The first kappa shape index (κ1) is 40.6. The number of benzene rings is 1. The maximum Gasteiger partial charge on any atom is 0.315 e. The fourth-order valence-corrected chi connectivity index (χ4v) is 5.59. The second-order valence-corrected chi connectivity index (χ2v) is 16.6. The summed E-state index contributed by atoms with van der Waals surface area (Å²) >= 11 is 0. The number of amides is 5. The molecule has 0 spiro atoms. The molecule has 4 atom stereocenters. The zero-order valence-electron chi connectivity index (χ0n) is 29.1. The summed E-state index contributed by atoms with van der Waals surface area (Å²) < 4.78 is 52.1. The predicted octanol–water partition coefficient (Wildman–Crippen LogP) is 2.20. The second-order valence-electron chi connectivity index (χ2n) is 14.5. The molecule has 13 nitrogen and oxygen atoms in total. The molecule has 48 heavy (non-hydrogen) atoms. The maximum atomic E-state index is 13.9. The lowest BCUT2D eigenvalue weighted by Crippen LogP contribution is -2.62. The van der Waals surface area contributed by atoms with Crippen molar-refractivity contribution in [2.75, 3.05) is 32.9 Å². The van der Waals surface area contributed by atoms with Gasteiger partial charge in [0.1, 0.15) is 23.9 Å². The molecule has 0 aromatic heterocycles. The van der Waals surface area contributed by atoms with Crippen LogP contribution in [-0.4, -0.2) is 110 Å². The van der Waals surface area contributed by atoms with Gasteiger partial charge in [-0.3, -0.25) is 14.4 Å². The van der Waals surface area contributed by atoms with Crippen LogP contribution in [0.4, 0.5) is 13.6 Å². The van der Waals surface area contributed by atoms with E-state index in [9.17, 15) is 41.5 Å². The second kappa shape index (κ2) is 16.7. The number of aromatic hydroxyl groups is 1. The number of carbonyl (C=O) groups excluding carboxylic acids is 4. The third kappa shape index (κ3) is 12.5. The standard InChI is InChI=1S/C32H52F2N6O7S/c1-31(2,3)24(19-39(7)48(8,46)47)37-30(45)38-26(32(4,5)6)29(44)40-17-9-10-23(40)28(43)36-22(18-25(33)34)27(42)35-16-15-20-11-13-21(41)14-12-20/h11-14,22-26,41H,9-10,15-19H2,1-8H3,(H,35,42)(H,36,43)(H2,37,38,45)/t22-,23-,24+,26+/m0/s1. The molecule has 1 fully saturated rings. The number of halogens is 2. The lowest BCUT2D eigenvalue weighted by molar-refractivity contribution is -0.142. The molecule has 5 N–H and O–H groups in total. The summed E-state index contributed by atoms with van der Waals surface area (Å²) in [6.07, 6.45) is -1.71. The Morgan fingerprint density at radius 2 is 1.60 bits per heavy atom. The Balaban J connectivity index is 2.15. The molecule has 0 saturated carbocycles. The lowest BCUT2D eigenvalue weighted by Gasteiger charge is -2.37. The van der Waals surface area contributed by atoms with Crippen molar-refractivity contribution in [1.82, 2.24) is 30.5 Å². The van der Waals surface area contributed by atoms with Gasteiger partial charge in [0.05, 0.1) is 6.26 Å². The number of hydrogen-bond donors (Lipinski definition) is 5. The van der Waals surface area contributed by atoms with E-state index in [0.717, 1.165) is 16.1 Å². The van der Waals surface area contributed by atoms with Crippen molar-refractivity contribution in [2.24, 2.45) is 10.8 Å². The van der Waals surface area contributed by atoms with Crippen LogP contribution in [0.1, 0.15) is 66.4 Å². The minimum absolute atomic E-state index is 0.0115. The van der Waals surface area contributed by atoms with E-state index in [1.165, 1.54) is 24.1 Å². The number of rotatable bonds is 14. The van der Waals surface area contributed by atoms with Crippen molar-refractivity contribution in [3.8, 4) is 5.75 Å². The Labute approximate surface area is 282 Å². The summed E-state index contributed by atoms with van der Waals surface area (Å²) in [6.45, 7) is 11.0. The Morgan fingerprint density at radius 1 is 1.00 bits per heavy atom. The van der Waals surface area contributed by atoms with Crippen LogP contribution < -0.4 is 21.3 Å². The van der Waals surface area contributed by atoms with Crippen molar-refractivity contribution < 1.29 is 41.5 Å². The molecule has 1 aromatic carbocycles. The largest absolute Gasteiger partial charge is 0.508 e. The zero-order chi connectivity index (χ0) is 36.6. The third-order valence-corrected chi connectivity index (χ3v) is 9.56. The van der Waals surface area contributed by atoms with Crippen LogP contribution in [0.2, 0.25) is 0 Å². The Bertz CT molecular complexity index is 1380. The summed E-state index contributed by atoms with van der Waals surface area (Å²) in [5, 5.41) is 19.9. The maximum absolute atomic E-state index is 13.9. The van der Waals surface area contributed by atoms with E-state index in [0.29, 0.717) is 12.8 Å². The van der Waals surface area contributed by atoms with Crippen molar-refractivity contribution >= 4 is 33.8 Å². The van der Waals surface area contributed by atoms with Gasteiger partial charge in [0, 0.05) is 39.1 Å². The lowest BCUT2D eigenvalue weighted by atomic mass is 9.85. The Kier molecular flexibility index (Phi) is 14.2. The van der Waals surface area contributed by atoms with Crippen molar-refractivity contribution in [1.29, 1.82) is 0 Å². The van der Waals surface area contributed by atoms with Crippen LogP contribution in [0, 0.1) is 10.8 Å². The third-order valence-electron chi connectivity index (χ3n) is 8.28. The SMILES string of the molecule is CN(C[C@@H](NC(=O)N[C@H](C(=O)N1CCC[C@H]1C(=O)N[C@@H](CC(F)F)C(=O)NCCc1ccc(O)cc1)C(C)(C)C)C(C)(C)C)S(C)(=O)=O. The van der Waals surface area contributed by atoms with E-state index in [2.05, 4.69) is 21.3 Å². The van der Waals surface area contributed by atoms with E-state index in [1.807, 2.05) is 20.8 Å². The van der Waals surface area contributed by atoms with E-state index >= 15 is 0 Å². The molecular weight excluding hydrogens is 650 g/mol. The van der Waals surface area contributed by atoms with Gasteiger partial charge in [0.2, 0.25) is 34.2 Å². The Morgan fingerprint density at radius 3 is 2.12 bits per heavy atom. The quantitative estimate of drug-likeness (QED) is 0.197. The van der Waals surface area contributed by atoms with Crippen LogP contribution in [0.15, 0.2) is 24.3 Å². The highest BCUT2D eigenvalue weighted by atomic mass is 32.2. The van der Waals surface area contributed by atoms with Crippen LogP contribution in [-0.2, 0) is 30.8 Å². The average molecular weight is 703 g/mol. The molecule has 1 saturated heterocycles. The number of likely N-dealkylation sites (N-methyl/N-ethyl adjacent to an activating group) is 1. The molecule has 0 radical (unpaired) electrons. The average Bonchev–Trinajstić information content (AvgIpc) is 3.44. The molecule has 1 aliphatic rings. The summed E-state index contributed by atoms with van der Waals surface area (Å²) in [5.41, 5.74) is -0.579. The van der Waals surface area contributed by atoms with Crippen molar-refractivity contribution in [2.45, 2.75) is 97.8 Å². The van der Waals surface area contributed by atoms with Gasteiger partial charge in [0.25, 0.3) is 0 Å². The van der Waals surface area contributed by atoms with Gasteiger partial charge in [-0.1, -0.05) is 53.7 Å². The highest BCUT2D eigenvalue weighted by Gasteiger charge is 2.43. The summed E-state index contributed by atoms with van der Waals surface area (Å²) in [6, 6.07) is 1.26. The fourth-order valence-electron chi connectivity index (χ4n) is 5.17. The molecule has 16 heteroatoms. The van der Waals surface area contributed by atoms with Crippen LogP contribution in [0.25, 0.3) is 0 Å². The molecule has 5 amide bonds. The van der Waals surface area contributed by atoms with Gasteiger partial charge < -0.3 is 31.3 Å². The normalized spacial score (nSPS) is 17.5. The first-order chi connectivity index (χ1) is 22.0. The first-order valence-corrected chi connectivity index (χ1v) is 17.8. The summed E-state index contributed by atoms with van der Waals surface area (Å²) in [4.78, 5) is 54.8. The number of phenols is 1. The zero-order valence-corrected chi connectivity index (χ0v) is 29.9. The number of carbonyl (C=O) groups is 4. The molecule has 272 valence electrons. The first-order valence-electron chi connectivity index (χ1n) is 15.9. The molecule has 0 aliphatic carbocycles. The number of alkyl halides is 2. The highest BCUT2D eigenvalue weighted by Crippen LogP contribution is 2.27. The van der Waals surface area contributed by atoms with Gasteiger partial charge in [-0.15, -0.1) is 0 Å². The van der Waals surface area contributed by atoms with E-state index in [1.54, 1.807) is 32.9 Å². The van der Waals surface area contributed by atoms with E-state index in [-0.39, 0.29) is 31.8 Å². The van der Waals surface area contributed by atoms with E-state index in [4.69, 9.17) is 0 Å².